The van der Waals surface area contributed by atoms with E-state index in [0.29, 0.717) is 4.47 Å². The molecule has 1 aromatic rings. The van der Waals surface area contributed by atoms with E-state index in [9.17, 15) is 14.0 Å². The van der Waals surface area contributed by atoms with Crippen LogP contribution in [0, 0.1) is 5.82 Å². The van der Waals surface area contributed by atoms with E-state index in [1.165, 1.54) is 17.0 Å². The lowest BCUT2D eigenvalue weighted by molar-refractivity contribution is -0.127. The second kappa shape index (κ2) is 5.77. The highest BCUT2D eigenvalue weighted by atomic mass is 79.9. The Balaban J connectivity index is 2.64. The minimum absolute atomic E-state index is 0.108. The van der Waals surface area contributed by atoms with Gasteiger partial charge in [-0.25, -0.2) is 4.39 Å². The van der Waals surface area contributed by atoms with Crippen molar-refractivity contribution in [2.75, 3.05) is 20.6 Å². The fourth-order valence-electron chi connectivity index (χ4n) is 1.05. The molecule has 0 aliphatic carbocycles. The molecule has 1 rings (SSSR count). The molecule has 0 radical (unpaired) electrons. The zero-order valence-corrected chi connectivity index (χ0v) is 11.0. The molecule has 0 aromatic heterocycles. The Hall–Kier alpha value is -1.43. The number of nitrogens with one attached hydrogen (secondary N) is 1. The first kappa shape index (κ1) is 13.6. The molecule has 0 atom stereocenters. The van der Waals surface area contributed by atoms with Gasteiger partial charge in [-0.2, -0.15) is 0 Å². The van der Waals surface area contributed by atoms with Gasteiger partial charge in [0.25, 0.3) is 5.91 Å². The molecule has 0 saturated heterocycles. The predicted molar refractivity (Wildman–Crippen MR) is 65.1 cm³/mol. The molecule has 4 nitrogen and oxygen atoms in total. The number of amides is 2. The van der Waals surface area contributed by atoms with Crippen LogP contribution < -0.4 is 5.32 Å². The third-order valence-corrected chi connectivity index (χ3v) is 2.72. The summed E-state index contributed by atoms with van der Waals surface area (Å²) in [5.41, 5.74) is 0.178. The first-order valence-corrected chi connectivity index (χ1v) is 5.64. The number of nitrogens with zero attached hydrogens (tertiary/aromatic N) is 1. The molecule has 17 heavy (non-hydrogen) atoms. The first-order valence-electron chi connectivity index (χ1n) is 4.85. The maximum Gasteiger partial charge on any atom is 0.251 e. The Labute approximate surface area is 107 Å². The smallest absolute Gasteiger partial charge is 0.251 e. The van der Waals surface area contributed by atoms with Crippen molar-refractivity contribution in [2.45, 2.75) is 0 Å². The fourth-order valence-corrected chi connectivity index (χ4v) is 1.30. The number of hydrogen-bond acceptors (Lipinski definition) is 2. The lowest BCUT2D eigenvalue weighted by Crippen LogP contribution is -2.36. The van der Waals surface area contributed by atoms with Crippen LogP contribution >= 0.6 is 15.9 Å². The van der Waals surface area contributed by atoms with E-state index in [1.54, 1.807) is 14.1 Å². The lowest BCUT2D eigenvalue weighted by Gasteiger charge is -2.11. The van der Waals surface area contributed by atoms with Crippen molar-refractivity contribution < 1.29 is 14.0 Å². The van der Waals surface area contributed by atoms with Crippen LogP contribution in [0.25, 0.3) is 0 Å². The topological polar surface area (TPSA) is 49.4 Å². The maximum absolute atomic E-state index is 13.2. The van der Waals surface area contributed by atoms with Crippen molar-refractivity contribution in [3.63, 3.8) is 0 Å². The van der Waals surface area contributed by atoms with Gasteiger partial charge in [0.05, 0.1) is 11.0 Å². The molecule has 0 saturated carbocycles. The van der Waals surface area contributed by atoms with Crippen molar-refractivity contribution in [1.29, 1.82) is 0 Å². The Morgan fingerprint density at radius 1 is 1.41 bits per heavy atom. The van der Waals surface area contributed by atoms with Crippen LogP contribution in [-0.2, 0) is 4.79 Å². The van der Waals surface area contributed by atoms with Gasteiger partial charge in [0.2, 0.25) is 5.91 Å². The van der Waals surface area contributed by atoms with E-state index in [1.807, 2.05) is 0 Å². The molecular weight excluding hydrogens is 291 g/mol. The molecule has 0 aliphatic rings. The number of hydrogen-bond donors (Lipinski definition) is 1. The summed E-state index contributed by atoms with van der Waals surface area (Å²) in [7, 11) is 3.18. The van der Waals surface area contributed by atoms with Crippen molar-refractivity contribution in [3.8, 4) is 0 Å². The Morgan fingerprint density at radius 3 is 2.59 bits per heavy atom. The quantitative estimate of drug-likeness (QED) is 0.918. The third kappa shape index (κ3) is 3.81. The SMILES string of the molecule is CN(C)C(=O)CNC(=O)c1ccc(Br)c(F)c1. The van der Waals surface area contributed by atoms with Crippen LogP contribution in [0.4, 0.5) is 4.39 Å². The predicted octanol–water partition coefficient (Wildman–Crippen LogP) is 1.41. The van der Waals surface area contributed by atoms with Gasteiger partial charge < -0.3 is 10.2 Å². The number of halogens is 2. The molecule has 0 spiro atoms. The van der Waals surface area contributed by atoms with Crippen molar-refractivity contribution in [3.05, 3.63) is 34.1 Å². The highest BCUT2D eigenvalue weighted by Gasteiger charge is 2.10. The standard InChI is InChI=1S/C11H12BrFN2O2/c1-15(2)10(16)6-14-11(17)7-3-4-8(12)9(13)5-7/h3-5H,6H2,1-2H3,(H,14,17). The number of benzene rings is 1. The third-order valence-electron chi connectivity index (χ3n) is 2.08. The van der Waals surface area contributed by atoms with Gasteiger partial charge >= 0.3 is 0 Å². The molecule has 0 aliphatic heterocycles. The molecule has 0 fully saturated rings. The molecular formula is C11H12BrFN2O2. The number of carbonyl (C=O) groups excluding carboxylic acids is 2. The zero-order chi connectivity index (χ0) is 13.0. The monoisotopic (exact) mass is 302 g/mol. The zero-order valence-electron chi connectivity index (χ0n) is 9.46. The summed E-state index contributed by atoms with van der Waals surface area (Å²) in [6.45, 7) is -0.108. The maximum atomic E-state index is 13.2. The number of rotatable bonds is 3. The summed E-state index contributed by atoms with van der Waals surface area (Å²) in [4.78, 5) is 24.2. The number of likely N-dealkylation sites (N-methyl/N-ethyl adjacent to an activating group) is 1. The van der Waals surface area contributed by atoms with Gasteiger partial charge in [0.15, 0.2) is 0 Å². The average Bonchev–Trinajstić information content (AvgIpc) is 2.28. The van der Waals surface area contributed by atoms with Crippen LogP contribution in [0.5, 0.6) is 0 Å². The Morgan fingerprint density at radius 2 is 2.06 bits per heavy atom. The summed E-state index contributed by atoms with van der Waals surface area (Å²) >= 11 is 2.99. The Bertz CT molecular complexity index is 449. The largest absolute Gasteiger partial charge is 0.347 e. The average molecular weight is 303 g/mol. The second-order valence-corrected chi connectivity index (χ2v) is 4.45. The fraction of sp³-hybridized carbons (Fsp3) is 0.273. The van der Waals surface area contributed by atoms with Crippen molar-refractivity contribution >= 4 is 27.7 Å². The highest BCUT2D eigenvalue weighted by Crippen LogP contribution is 2.16. The first-order chi connectivity index (χ1) is 7.91. The van der Waals surface area contributed by atoms with E-state index in [-0.39, 0.29) is 18.0 Å². The van der Waals surface area contributed by atoms with Crippen molar-refractivity contribution in [1.82, 2.24) is 10.2 Å². The molecule has 2 amide bonds. The van der Waals surface area contributed by atoms with Gasteiger partial charge in [-0.3, -0.25) is 9.59 Å². The lowest BCUT2D eigenvalue weighted by atomic mass is 10.2. The van der Waals surface area contributed by atoms with Crippen LogP contribution in [0.15, 0.2) is 22.7 Å². The molecule has 1 aromatic carbocycles. The second-order valence-electron chi connectivity index (χ2n) is 3.60. The van der Waals surface area contributed by atoms with E-state index in [2.05, 4.69) is 21.2 Å². The Kier molecular flexibility index (Phi) is 4.62. The van der Waals surface area contributed by atoms with Crippen LogP contribution in [0.3, 0.4) is 0 Å². The molecule has 0 heterocycles. The van der Waals surface area contributed by atoms with Gasteiger partial charge in [-0.05, 0) is 34.1 Å². The summed E-state index contributed by atoms with van der Waals surface area (Å²) in [6.07, 6.45) is 0. The molecule has 6 heteroatoms. The van der Waals surface area contributed by atoms with Crippen LogP contribution in [0.1, 0.15) is 10.4 Å². The molecule has 92 valence electrons. The van der Waals surface area contributed by atoms with Crippen LogP contribution in [-0.4, -0.2) is 37.4 Å². The minimum Gasteiger partial charge on any atom is -0.347 e. The summed E-state index contributed by atoms with van der Waals surface area (Å²) < 4.78 is 13.5. The summed E-state index contributed by atoms with van der Waals surface area (Å²) in [5.74, 6) is -1.22. The van der Waals surface area contributed by atoms with E-state index < -0.39 is 11.7 Å². The van der Waals surface area contributed by atoms with E-state index in [0.717, 1.165) is 6.07 Å². The molecule has 0 unspecified atom stereocenters. The minimum atomic E-state index is -0.517. The summed E-state index contributed by atoms with van der Waals surface area (Å²) in [6, 6.07) is 4.03. The molecule has 1 N–H and O–H groups in total. The molecule has 0 bridgehead atoms. The van der Waals surface area contributed by atoms with Crippen molar-refractivity contribution in [2.24, 2.45) is 0 Å². The van der Waals surface area contributed by atoms with Gasteiger partial charge in [0, 0.05) is 19.7 Å². The normalized spacial score (nSPS) is 9.88. The van der Waals surface area contributed by atoms with Gasteiger partial charge in [-0.1, -0.05) is 0 Å². The number of carbonyl (C=O) groups is 2. The highest BCUT2D eigenvalue weighted by molar-refractivity contribution is 9.10. The van der Waals surface area contributed by atoms with Crippen LogP contribution in [0.2, 0.25) is 0 Å². The summed E-state index contributed by atoms with van der Waals surface area (Å²) in [5, 5.41) is 2.41. The van der Waals surface area contributed by atoms with E-state index >= 15 is 0 Å². The van der Waals surface area contributed by atoms with E-state index in [4.69, 9.17) is 0 Å². The van der Waals surface area contributed by atoms with Gasteiger partial charge in [0.1, 0.15) is 5.82 Å². The van der Waals surface area contributed by atoms with Gasteiger partial charge in [-0.15, -0.1) is 0 Å².